The third-order valence-electron chi connectivity index (χ3n) is 3.41. The molecule has 1 aromatic rings. The lowest BCUT2D eigenvalue weighted by atomic mass is 10.0. The Morgan fingerprint density at radius 3 is 2.40 bits per heavy atom. The first kappa shape index (κ1) is 17.0. The molecule has 0 fully saturated rings. The second-order valence-electron chi connectivity index (χ2n) is 5.03. The van der Waals surface area contributed by atoms with E-state index in [2.05, 4.69) is 24.3 Å². The molecule has 0 saturated heterocycles. The van der Waals surface area contributed by atoms with Crippen molar-refractivity contribution >= 4 is 0 Å². The largest absolute Gasteiger partial charge is 0.419 e. The minimum atomic E-state index is -4.33. The predicted octanol–water partition coefficient (Wildman–Crippen LogP) is 4.02. The first-order chi connectivity index (χ1) is 9.43. The molecule has 0 aliphatic rings. The van der Waals surface area contributed by atoms with E-state index in [0.717, 1.165) is 44.6 Å². The number of hydrogen-bond donors (Lipinski definition) is 1. The zero-order valence-electron chi connectivity index (χ0n) is 12.4. The van der Waals surface area contributed by atoms with Gasteiger partial charge in [-0.1, -0.05) is 27.2 Å². The Morgan fingerprint density at radius 1 is 1.25 bits per heavy atom. The zero-order chi connectivity index (χ0) is 15.2. The summed E-state index contributed by atoms with van der Waals surface area (Å²) in [6.07, 6.45) is 1.37. The van der Waals surface area contributed by atoms with Gasteiger partial charge in [-0.05, 0) is 25.8 Å². The fraction of sp³-hybridized carbons (Fsp3) is 0.786. The molecule has 0 aliphatic carbocycles. The van der Waals surface area contributed by atoms with E-state index in [1.54, 1.807) is 0 Å². The summed E-state index contributed by atoms with van der Waals surface area (Å²) in [7, 11) is 0. The molecule has 0 aliphatic heterocycles. The Kier molecular flexibility index (Phi) is 6.52. The standard InChI is InChI=1S/C14H24F3N3/c1-4-7-12(18-8-5-2)13(6-3)20-10-11(9-19-20)14(15,16)17/h9-10,12-13,18H,4-8H2,1-3H3. The van der Waals surface area contributed by atoms with E-state index in [4.69, 9.17) is 0 Å². The SMILES string of the molecule is CCCNC(CCC)C(CC)n1cc(C(F)(F)F)cn1. The number of halogens is 3. The summed E-state index contributed by atoms with van der Waals surface area (Å²) >= 11 is 0. The van der Waals surface area contributed by atoms with Crippen LogP contribution >= 0.6 is 0 Å². The quantitative estimate of drug-likeness (QED) is 0.784. The van der Waals surface area contributed by atoms with E-state index in [9.17, 15) is 13.2 Å². The Balaban J connectivity index is 2.88. The minimum absolute atomic E-state index is 0.0439. The number of nitrogens with zero attached hydrogens (tertiary/aromatic N) is 2. The van der Waals surface area contributed by atoms with E-state index in [1.165, 1.54) is 4.68 Å². The molecule has 1 heterocycles. The molecule has 1 N–H and O–H groups in total. The van der Waals surface area contributed by atoms with Gasteiger partial charge < -0.3 is 5.32 Å². The lowest BCUT2D eigenvalue weighted by molar-refractivity contribution is -0.137. The molecule has 0 aromatic carbocycles. The summed E-state index contributed by atoms with van der Waals surface area (Å²) in [5.74, 6) is 0. The average Bonchev–Trinajstić information content (AvgIpc) is 2.86. The zero-order valence-corrected chi connectivity index (χ0v) is 12.4. The summed E-state index contributed by atoms with van der Waals surface area (Å²) in [5, 5.41) is 7.35. The summed E-state index contributed by atoms with van der Waals surface area (Å²) in [4.78, 5) is 0. The van der Waals surface area contributed by atoms with Crippen molar-refractivity contribution in [2.45, 2.75) is 64.7 Å². The monoisotopic (exact) mass is 291 g/mol. The first-order valence-corrected chi connectivity index (χ1v) is 7.28. The normalized spacial score (nSPS) is 15.3. The van der Waals surface area contributed by atoms with Gasteiger partial charge in [-0.15, -0.1) is 0 Å². The molecule has 0 radical (unpaired) electrons. The Labute approximate surface area is 118 Å². The molecule has 2 atom stereocenters. The second-order valence-corrected chi connectivity index (χ2v) is 5.03. The summed E-state index contributed by atoms with van der Waals surface area (Å²) < 4.78 is 39.4. The lowest BCUT2D eigenvalue weighted by Crippen LogP contribution is -2.38. The van der Waals surface area contributed by atoms with Crippen LogP contribution < -0.4 is 5.32 Å². The van der Waals surface area contributed by atoms with Crippen LogP contribution in [0.3, 0.4) is 0 Å². The maximum Gasteiger partial charge on any atom is 0.419 e. The van der Waals surface area contributed by atoms with Crippen LogP contribution in [0.15, 0.2) is 12.4 Å². The van der Waals surface area contributed by atoms with Crippen LogP contribution in [0.25, 0.3) is 0 Å². The Hall–Kier alpha value is -1.04. The molecule has 6 heteroatoms. The lowest BCUT2D eigenvalue weighted by Gasteiger charge is -2.27. The predicted molar refractivity (Wildman–Crippen MR) is 73.5 cm³/mol. The van der Waals surface area contributed by atoms with Gasteiger partial charge in [-0.3, -0.25) is 4.68 Å². The van der Waals surface area contributed by atoms with Crippen molar-refractivity contribution in [2.75, 3.05) is 6.54 Å². The van der Waals surface area contributed by atoms with Crippen LogP contribution in [0, 0.1) is 0 Å². The van der Waals surface area contributed by atoms with Gasteiger partial charge in [-0.25, -0.2) is 0 Å². The van der Waals surface area contributed by atoms with E-state index in [1.807, 2.05) is 6.92 Å². The maximum atomic E-state index is 12.7. The third kappa shape index (κ3) is 4.51. The van der Waals surface area contributed by atoms with Crippen LogP contribution in [0.4, 0.5) is 13.2 Å². The molecule has 0 bridgehead atoms. The van der Waals surface area contributed by atoms with Crippen molar-refractivity contribution in [3.05, 3.63) is 18.0 Å². The fourth-order valence-corrected chi connectivity index (χ4v) is 2.39. The molecule has 116 valence electrons. The number of aromatic nitrogens is 2. The van der Waals surface area contributed by atoms with E-state index < -0.39 is 11.7 Å². The van der Waals surface area contributed by atoms with Crippen molar-refractivity contribution in [3.8, 4) is 0 Å². The van der Waals surface area contributed by atoms with Gasteiger partial charge in [0.05, 0.1) is 17.8 Å². The van der Waals surface area contributed by atoms with Crippen LogP contribution in [-0.2, 0) is 6.18 Å². The number of nitrogens with one attached hydrogen (secondary N) is 1. The molecule has 1 rings (SSSR count). The van der Waals surface area contributed by atoms with Gasteiger partial charge in [0.15, 0.2) is 0 Å². The highest BCUT2D eigenvalue weighted by Crippen LogP contribution is 2.30. The molecule has 20 heavy (non-hydrogen) atoms. The molecule has 3 nitrogen and oxygen atoms in total. The van der Waals surface area contributed by atoms with Gasteiger partial charge >= 0.3 is 6.18 Å². The highest BCUT2D eigenvalue weighted by molar-refractivity contribution is 5.09. The van der Waals surface area contributed by atoms with Crippen molar-refractivity contribution in [2.24, 2.45) is 0 Å². The minimum Gasteiger partial charge on any atom is -0.312 e. The van der Waals surface area contributed by atoms with Gasteiger partial charge in [0.2, 0.25) is 0 Å². The van der Waals surface area contributed by atoms with Gasteiger partial charge in [0.1, 0.15) is 0 Å². The van der Waals surface area contributed by atoms with Gasteiger partial charge in [0.25, 0.3) is 0 Å². The summed E-state index contributed by atoms with van der Waals surface area (Å²) in [6.45, 7) is 7.01. The Morgan fingerprint density at radius 2 is 1.95 bits per heavy atom. The molecule has 0 amide bonds. The fourth-order valence-electron chi connectivity index (χ4n) is 2.39. The Bertz CT molecular complexity index is 387. The number of alkyl halides is 3. The summed E-state index contributed by atoms with van der Waals surface area (Å²) in [5.41, 5.74) is -0.679. The molecular formula is C14H24F3N3. The second kappa shape index (κ2) is 7.67. The van der Waals surface area contributed by atoms with Crippen molar-refractivity contribution in [1.29, 1.82) is 0 Å². The highest BCUT2D eigenvalue weighted by Gasteiger charge is 2.33. The first-order valence-electron chi connectivity index (χ1n) is 7.28. The topological polar surface area (TPSA) is 29.9 Å². The molecule has 1 aromatic heterocycles. The maximum absolute atomic E-state index is 12.7. The number of hydrogen-bond acceptors (Lipinski definition) is 2. The van der Waals surface area contributed by atoms with Gasteiger partial charge in [-0.2, -0.15) is 18.3 Å². The van der Waals surface area contributed by atoms with E-state index >= 15 is 0 Å². The molecular weight excluding hydrogens is 267 g/mol. The van der Waals surface area contributed by atoms with Crippen LogP contribution in [-0.4, -0.2) is 22.4 Å². The third-order valence-corrected chi connectivity index (χ3v) is 3.41. The molecule has 0 saturated carbocycles. The molecule has 0 spiro atoms. The van der Waals surface area contributed by atoms with E-state index in [0.29, 0.717) is 0 Å². The van der Waals surface area contributed by atoms with Crippen molar-refractivity contribution in [1.82, 2.24) is 15.1 Å². The molecule has 2 unspecified atom stereocenters. The highest BCUT2D eigenvalue weighted by atomic mass is 19.4. The smallest absolute Gasteiger partial charge is 0.312 e. The summed E-state index contributed by atoms with van der Waals surface area (Å²) in [6, 6.07) is 0.114. The van der Waals surface area contributed by atoms with Gasteiger partial charge in [0, 0.05) is 12.2 Å². The average molecular weight is 291 g/mol. The van der Waals surface area contributed by atoms with E-state index in [-0.39, 0.29) is 12.1 Å². The van der Waals surface area contributed by atoms with Crippen LogP contribution in [0.2, 0.25) is 0 Å². The number of rotatable bonds is 8. The van der Waals surface area contributed by atoms with Crippen LogP contribution in [0.1, 0.15) is 58.1 Å². The van der Waals surface area contributed by atoms with Crippen LogP contribution in [0.5, 0.6) is 0 Å². The van der Waals surface area contributed by atoms with Crippen molar-refractivity contribution in [3.63, 3.8) is 0 Å². The van der Waals surface area contributed by atoms with Crippen molar-refractivity contribution < 1.29 is 13.2 Å².